The number of benzene rings is 2. The van der Waals surface area contributed by atoms with Gasteiger partial charge in [-0.25, -0.2) is 4.79 Å². The van der Waals surface area contributed by atoms with Crippen molar-refractivity contribution in [2.75, 3.05) is 13.7 Å². The van der Waals surface area contributed by atoms with Crippen molar-refractivity contribution in [2.45, 2.75) is 39.5 Å². The molecule has 0 aliphatic carbocycles. The summed E-state index contributed by atoms with van der Waals surface area (Å²) >= 11 is 5.34. The third kappa shape index (κ3) is 6.48. The SMILES string of the molecule is COc1cc([C@@H]2NC(=S)NC(C)=C2C(=O)NCc2ccccc2)ccc1OCC(=O)OC(C)C. The van der Waals surface area contributed by atoms with E-state index in [2.05, 4.69) is 16.0 Å². The number of amides is 1. The van der Waals surface area contributed by atoms with Crippen molar-refractivity contribution in [1.29, 1.82) is 0 Å². The van der Waals surface area contributed by atoms with Gasteiger partial charge in [-0.2, -0.15) is 0 Å². The average Bonchev–Trinajstić information content (AvgIpc) is 2.80. The van der Waals surface area contributed by atoms with Gasteiger partial charge in [-0.1, -0.05) is 36.4 Å². The number of rotatable bonds is 9. The molecule has 34 heavy (non-hydrogen) atoms. The predicted molar refractivity (Wildman–Crippen MR) is 132 cm³/mol. The van der Waals surface area contributed by atoms with E-state index in [4.69, 9.17) is 26.4 Å². The van der Waals surface area contributed by atoms with Crippen LogP contribution in [0.4, 0.5) is 0 Å². The van der Waals surface area contributed by atoms with E-state index in [1.807, 2.05) is 37.3 Å². The largest absolute Gasteiger partial charge is 0.493 e. The summed E-state index contributed by atoms with van der Waals surface area (Å²) in [4.78, 5) is 25.0. The van der Waals surface area contributed by atoms with Crippen molar-refractivity contribution in [3.8, 4) is 11.5 Å². The summed E-state index contributed by atoms with van der Waals surface area (Å²) in [6.45, 7) is 5.51. The summed E-state index contributed by atoms with van der Waals surface area (Å²) in [7, 11) is 1.51. The molecule has 0 spiro atoms. The highest BCUT2D eigenvalue weighted by atomic mass is 32.1. The van der Waals surface area contributed by atoms with E-state index in [0.717, 1.165) is 11.1 Å². The van der Waals surface area contributed by atoms with Gasteiger partial charge in [0.15, 0.2) is 23.2 Å². The molecule has 8 nitrogen and oxygen atoms in total. The lowest BCUT2D eigenvalue weighted by Gasteiger charge is -2.30. The molecule has 0 aromatic heterocycles. The first kappa shape index (κ1) is 25.0. The fourth-order valence-electron chi connectivity index (χ4n) is 3.53. The number of ether oxygens (including phenoxy) is 3. The van der Waals surface area contributed by atoms with Gasteiger partial charge in [-0.3, -0.25) is 4.79 Å². The van der Waals surface area contributed by atoms with E-state index < -0.39 is 12.0 Å². The van der Waals surface area contributed by atoms with Crippen molar-refractivity contribution in [3.63, 3.8) is 0 Å². The zero-order chi connectivity index (χ0) is 24.7. The standard InChI is InChI=1S/C25H29N3O5S/c1-15(2)33-21(29)14-32-19-11-10-18(12-20(19)31-4)23-22(16(3)27-25(34)28-23)24(30)26-13-17-8-6-5-7-9-17/h5-12,15,23H,13-14H2,1-4H3,(H,26,30)(H2,27,28,34)/t23-/m0/s1. The Hall–Kier alpha value is -3.59. The van der Waals surface area contributed by atoms with Gasteiger partial charge >= 0.3 is 5.97 Å². The van der Waals surface area contributed by atoms with E-state index >= 15 is 0 Å². The van der Waals surface area contributed by atoms with Crippen LogP contribution in [-0.4, -0.2) is 36.8 Å². The highest BCUT2D eigenvalue weighted by Gasteiger charge is 2.30. The van der Waals surface area contributed by atoms with Crippen molar-refractivity contribution >= 4 is 29.2 Å². The van der Waals surface area contributed by atoms with Crippen LogP contribution in [0.5, 0.6) is 11.5 Å². The molecule has 0 saturated heterocycles. The Bertz CT molecular complexity index is 1090. The first-order valence-corrected chi connectivity index (χ1v) is 11.3. The first-order chi connectivity index (χ1) is 16.3. The number of esters is 1. The number of hydrogen-bond donors (Lipinski definition) is 3. The molecular formula is C25H29N3O5S. The number of hydrogen-bond acceptors (Lipinski definition) is 6. The lowest BCUT2D eigenvalue weighted by atomic mass is 9.94. The van der Waals surface area contributed by atoms with Crippen LogP contribution in [0.1, 0.15) is 37.9 Å². The number of carbonyl (C=O) groups is 2. The molecule has 1 aliphatic heterocycles. The molecule has 0 fully saturated rings. The Balaban J connectivity index is 1.80. The molecular weight excluding hydrogens is 454 g/mol. The van der Waals surface area contributed by atoms with Crippen LogP contribution in [0.15, 0.2) is 59.8 Å². The number of allylic oxidation sites excluding steroid dienone is 1. The van der Waals surface area contributed by atoms with Gasteiger partial charge < -0.3 is 30.2 Å². The molecule has 3 N–H and O–H groups in total. The van der Waals surface area contributed by atoms with Gasteiger partial charge in [0, 0.05) is 12.2 Å². The summed E-state index contributed by atoms with van der Waals surface area (Å²) in [6, 6.07) is 14.4. The maximum Gasteiger partial charge on any atom is 0.344 e. The number of methoxy groups -OCH3 is 1. The Morgan fingerprint density at radius 2 is 1.85 bits per heavy atom. The third-order valence-corrected chi connectivity index (χ3v) is 5.26. The Kier molecular flexibility index (Phi) is 8.48. The minimum Gasteiger partial charge on any atom is -0.493 e. The lowest BCUT2D eigenvalue weighted by molar-refractivity contribution is -0.149. The highest BCUT2D eigenvalue weighted by molar-refractivity contribution is 7.80. The smallest absolute Gasteiger partial charge is 0.344 e. The zero-order valence-electron chi connectivity index (χ0n) is 19.6. The molecule has 9 heteroatoms. The molecule has 1 aliphatic rings. The van der Waals surface area contributed by atoms with Gasteiger partial charge in [0.25, 0.3) is 5.91 Å². The van der Waals surface area contributed by atoms with Crippen LogP contribution in [0.3, 0.4) is 0 Å². The molecule has 3 rings (SSSR count). The molecule has 1 atom stereocenters. The minimum atomic E-state index is -0.502. The molecule has 0 saturated carbocycles. The lowest BCUT2D eigenvalue weighted by Crippen LogP contribution is -2.46. The van der Waals surface area contributed by atoms with E-state index in [1.54, 1.807) is 32.0 Å². The predicted octanol–water partition coefficient (Wildman–Crippen LogP) is 3.13. The van der Waals surface area contributed by atoms with Crippen LogP contribution in [0.25, 0.3) is 0 Å². The fourth-order valence-corrected chi connectivity index (χ4v) is 3.81. The van der Waals surface area contributed by atoms with Crippen LogP contribution >= 0.6 is 12.2 Å². The monoisotopic (exact) mass is 483 g/mol. The average molecular weight is 484 g/mol. The van der Waals surface area contributed by atoms with Crippen LogP contribution in [-0.2, 0) is 20.9 Å². The van der Waals surface area contributed by atoms with Crippen LogP contribution < -0.4 is 25.4 Å². The molecule has 1 heterocycles. The van der Waals surface area contributed by atoms with Gasteiger partial charge in [-0.15, -0.1) is 0 Å². The molecule has 2 aromatic rings. The van der Waals surface area contributed by atoms with E-state index in [0.29, 0.717) is 34.4 Å². The topological polar surface area (TPSA) is 97.9 Å². The van der Waals surface area contributed by atoms with E-state index in [-0.39, 0.29) is 18.6 Å². The summed E-state index contributed by atoms with van der Waals surface area (Å²) in [5.74, 6) is 0.119. The van der Waals surface area contributed by atoms with E-state index in [9.17, 15) is 9.59 Å². The van der Waals surface area contributed by atoms with Gasteiger partial charge in [0.05, 0.1) is 24.8 Å². The maximum atomic E-state index is 13.2. The maximum absolute atomic E-state index is 13.2. The second-order valence-electron chi connectivity index (χ2n) is 7.98. The van der Waals surface area contributed by atoms with Gasteiger partial charge in [0.2, 0.25) is 0 Å². The zero-order valence-corrected chi connectivity index (χ0v) is 20.5. The van der Waals surface area contributed by atoms with Crippen LogP contribution in [0.2, 0.25) is 0 Å². The Morgan fingerprint density at radius 1 is 1.12 bits per heavy atom. The second-order valence-corrected chi connectivity index (χ2v) is 8.38. The fraction of sp³-hybridized carbons (Fsp3) is 0.320. The van der Waals surface area contributed by atoms with E-state index in [1.165, 1.54) is 7.11 Å². The molecule has 1 amide bonds. The highest BCUT2D eigenvalue weighted by Crippen LogP contribution is 2.34. The first-order valence-electron chi connectivity index (χ1n) is 10.9. The second kappa shape index (κ2) is 11.5. The van der Waals surface area contributed by atoms with Crippen molar-refractivity contribution in [1.82, 2.24) is 16.0 Å². The van der Waals surface area contributed by atoms with Crippen molar-refractivity contribution in [2.24, 2.45) is 0 Å². The molecule has 180 valence electrons. The van der Waals surface area contributed by atoms with Crippen LogP contribution in [0, 0.1) is 0 Å². The third-order valence-electron chi connectivity index (χ3n) is 5.04. The van der Waals surface area contributed by atoms with Gasteiger partial charge in [-0.05, 0) is 56.2 Å². The normalized spacial score (nSPS) is 15.3. The summed E-state index contributed by atoms with van der Waals surface area (Å²) in [6.07, 6.45) is -0.225. The minimum absolute atomic E-state index is 0.218. The Morgan fingerprint density at radius 3 is 2.53 bits per heavy atom. The number of nitrogens with one attached hydrogen (secondary N) is 3. The van der Waals surface area contributed by atoms with Crippen molar-refractivity contribution in [3.05, 3.63) is 70.9 Å². The summed E-state index contributed by atoms with van der Waals surface area (Å²) in [5, 5.41) is 9.58. The van der Waals surface area contributed by atoms with Gasteiger partial charge in [0.1, 0.15) is 0 Å². The molecule has 0 bridgehead atoms. The number of carbonyl (C=O) groups excluding carboxylic acids is 2. The quantitative estimate of drug-likeness (QED) is 0.370. The Labute approximate surface area is 204 Å². The molecule has 0 radical (unpaired) electrons. The molecule has 2 aromatic carbocycles. The summed E-state index contributed by atoms with van der Waals surface area (Å²) in [5.41, 5.74) is 2.93. The van der Waals surface area contributed by atoms with Crippen molar-refractivity contribution < 1.29 is 23.8 Å². The molecule has 0 unspecified atom stereocenters. The number of thiocarbonyl (C=S) groups is 1. The summed E-state index contributed by atoms with van der Waals surface area (Å²) < 4.78 is 16.2.